The number of thiazole rings is 1. The number of aromatic nitrogens is 1. The summed E-state index contributed by atoms with van der Waals surface area (Å²) in [6, 6.07) is 2.32. The minimum Gasteiger partial charge on any atom is -0.298 e. The first-order valence-corrected chi connectivity index (χ1v) is 7.31. The Kier molecular flexibility index (Phi) is 4.59. The molecular weight excluding hydrogens is 393 g/mol. The van der Waals surface area contributed by atoms with Gasteiger partial charge in [0, 0.05) is 11.6 Å². The van der Waals surface area contributed by atoms with E-state index in [4.69, 9.17) is 23.2 Å². The summed E-state index contributed by atoms with van der Waals surface area (Å²) in [7, 11) is 0. The van der Waals surface area contributed by atoms with Gasteiger partial charge in [0.2, 0.25) is 0 Å². The Morgan fingerprint density at radius 2 is 2.15 bits per heavy atom. The lowest BCUT2D eigenvalue weighted by Crippen LogP contribution is -2.12. The Morgan fingerprint density at radius 1 is 1.45 bits per heavy atom. The molecule has 20 heavy (non-hydrogen) atoms. The van der Waals surface area contributed by atoms with Crippen LogP contribution in [0.15, 0.2) is 22.1 Å². The van der Waals surface area contributed by atoms with Crippen LogP contribution in [0.4, 0.5) is 10.8 Å². The van der Waals surface area contributed by atoms with Crippen molar-refractivity contribution in [2.45, 2.75) is 0 Å². The molecule has 1 amide bonds. The normalized spacial score (nSPS) is 10.3. The zero-order valence-corrected chi connectivity index (χ0v) is 13.3. The van der Waals surface area contributed by atoms with E-state index in [2.05, 4.69) is 26.2 Å². The number of hydrogen-bond donors (Lipinski definition) is 1. The van der Waals surface area contributed by atoms with E-state index in [1.165, 1.54) is 23.6 Å². The van der Waals surface area contributed by atoms with Gasteiger partial charge in [0.05, 0.1) is 19.9 Å². The summed E-state index contributed by atoms with van der Waals surface area (Å²) in [5, 5.41) is 13.4. The van der Waals surface area contributed by atoms with Gasteiger partial charge in [-0.25, -0.2) is 4.98 Å². The van der Waals surface area contributed by atoms with E-state index in [0.717, 1.165) is 9.85 Å². The summed E-state index contributed by atoms with van der Waals surface area (Å²) in [6.07, 6.45) is 1.53. The van der Waals surface area contributed by atoms with E-state index in [1.807, 2.05) is 0 Å². The molecule has 0 aliphatic heterocycles. The van der Waals surface area contributed by atoms with E-state index in [9.17, 15) is 14.9 Å². The van der Waals surface area contributed by atoms with Gasteiger partial charge in [-0.15, -0.1) is 0 Å². The van der Waals surface area contributed by atoms with Crippen molar-refractivity contribution in [3.63, 3.8) is 0 Å². The Labute approximate surface area is 135 Å². The van der Waals surface area contributed by atoms with Crippen molar-refractivity contribution in [3.05, 3.63) is 47.8 Å². The number of rotatable bonds is 3. The van der Waals surface area contributed by atoms with Gasteiger partial charge in [-0.05, 0) is 22.0 Å². The highest BCUT2D eigenvalue weighted by Gasteiger charge is 2.20. The van der Waals surface area contributed by atoms with Crippen molar-refractivity contribution in [3.8, 4) is 0 Å². The van der Waals surface area contributed by atoms with Crippen LogP contribution in [0.5, 0.6) is 0 Å². The van der Waals surface area contributed by atoms with Crippen LogP contribution in [0, 0.1) is 10.1 Å². The second kappa shape index (κ2) is 6.04. The van der Waals surface area contributed by atoms with Gasteiger partial charge in [0.25, 0.3) is 11.6 Å². The molecule has 2 rings (SSSR count). The van der Waals surface area contributed by atoms with Crippen LogP contribution in [0.1, 0.15) is 10.4 Å². The maximum Gasteiger partial charge on any atom is 0.290 e. The molecule has 0 unspecified atom stereocenters. The molecule has 0 bridgehead atoms. The van der Waals surface area contributed by atoms with Gasteiger partial charge < -0.3 is 0 Å². The molecule has 0 fully saturated rings. The third-order valence-corrected chi connectivity index (χ3v) is 4.35. The molecule has 104 valence electrons. The Bertz CT molecular complexity index is 707. The van der Waals surface area contributed by atoms with Crippen molar-refractivity contribution in [2.75, 3.05) is 5.32 Å². The predicted molar refractivity (Wildman–Crippen MR) is 80.9 cm³/mol. The number of nitrogens with zero attached hydrogens (tertiary/aromatic N) is 2. The molecule has 0 radical (unpaired) electrons. The van der Waals surface area contributed by atoms with E-state index in [-0.39, 0.29) is 15.6 Å². The minimum atomic E-state index is -0.703. The molecule has 0 spiro atoms. The van der Waals surface area contributed by atoms with Crippen LogP contribution < -0.4 is 5.32 Å². The molecule has 0 saturated heterocycles. The number of halogens is 3. The first kappa shape index (κ1) is 15.2. The van der Waals surface area contributed by atoms with E-state index >= 15 is 0 Å². The lowest BCUT2D eigenvalue weighted by Gasteiger charge is -2.04. The predicted octanol–water partition coefficient (Wildman–Crippen LogP) is 4.37. The topological polar surface area (TPSA) is 85.1 Å². The van der Waals surface area contributed by atoms with Crippen LogP contribution in [-0.2, 0) is 0 Å². The van der Waals surface area contributed by atoms with E-state index in [1.54, 1.807) is 0 Å². The molecule has 1 N–H and O–H groups in total. The maximum absolute atomic E-state index is 12.0. The zero-order chi connectivity index (χ0) is 14.9. The highest BCUT2D eigenvalue weighted by molar-refractivity contribution is 9.11. The van der Waals surface area contributed by atoms with Crippen molar-refractivity contribution in [1.29, 1.82) is 0 Å². The molecule has 0 saturated carbocycles. The Balaban J connectivity index is 2.32. The lowest BCUT2D eigenvalue weighted by atomic mass is 10.2. The van der Waals surface area contributed by atoms with Crippen LogP contribution in [0.3, 0.4) is 0 Å². The SMILES string of the molecule is O=C(Nc1ncc(Br)s1)c1cc(Cl)c(Cl)c([N+](=O)[O-])c1. The minimum absolute atomic E-state index is 0.0254. The number of carbonyl (C=O) groups is 1. The number of carbonyl (C=O) groups excluding carboxylic acids is 1. The summed E-state index contributed by atoms with van der Waals surface area (Å²) in [5.74, 6) is -0.562. The fourth-order valence-corrected chi connectivity index (χ4v) is 2.81. The third-order valence-electron chi connectivity index (χ3n) is 2.17. The quantitative estimate of drug-likeness (QED) is 0.616. The molecule has 6 nitrogen and oxygen atoms in total. The van der Waals surface area contributed by atoms with Gasteiger partial charge in [0.1, 0.15) is 5.02 Å². The fourth-order valence-electron chi connectivity index (χ4n) is 1.32. The molecule has 10 heteroatoms. The smallest absolute Gasteiger partial charge is 0.290 e. The zero-order valence-electron chi connectivity index (χ0n) is 9.39. The third kappa shape index (κ3) is 3.26. The molecular formula is C10H4BrCl2N3O3S. The number of benzene rings is 1. The van der Waals surface area contributed by atoms with Crippen LogP contribution in [-0.4, -0.2) is 15.8 Å². The summed E-state index contributed by atoms with van der Waals surface area (Å²) < 4.78 is 0.743. The number of nitrogens with one attached hydrogen (secondary N) is 1. The summed E-state index contributed by atoms with van der Waals surface area (Å²) in [5.41, 5.74) is -0.401. The lowest BCUT2D eigenvalue weighted by molar-refractivity contribution is -0.384. The highest BCUT2D eigenvalue weighted by Crippen LogP contribution is 2.33. The van der Waals surface area contributed by atoms with Gasteiger partial charge in [0.15, 0.2) is 5.13 Å². The van der Waals surface area contributed by atoms with Crippen LogP contribution in [0.2, 0.25) is 10.0 Å². The average Bonchev–Trinajstić information content (AvgIpc) is 2.77. The van der Waals surface area contributed by atoms with E-state index < -0.39 is 16.5 Å². The highest BCUT2D eigenvalue weighted by atomic mass is 79.9. The van der Waals surface area contributed by atoms with Crippen LogP contribution in [0.25, 0.3) is 0 Å². The maximum atomic E-state index is 12.0. The second-order valence-electron chi connectivity index (χ2n) is 3.47. The van der Waals surface area contributed by atoms with Gasteiger partial charge in [-0.1, -0.05) is 34.5 Å². The molecule has 0 aliphatic carbocycles. The summed E-state index contributed by atoms with van der Waals surface area (Å²) in [4.78, 5) is 26.0. The number of amides is 1. The first-order valence-electron chi connectivity index (χ1n) is 4.94. The van der Waals surface area contributed by atoms with Gasteiger partial charge in [-0.3, -0.25) is 20.2 Å². The number of anilines is 1. The molecule has 0 atom stereocenters. The molecule has 1 aromatic carbocycles. The number of nitro benzene ring substituents is 1. The summed E-state index contributed by atoms with van der Waals surface area (Å²) >= 11 is 15.9. The van der Waals surface area contributed by atoms with Gasteiger partial charge >= 0.3 is 0 Å². The second-order valence-corrected chi connectivity index (χ2v) is 6.67. The largest absolute Gasteiger partial charge is 0.298 e. The molecule has 0 aliphatic rings. The average molecular weight is 397 g/mol. The summed E-state index contributed by atoms with van der Waals surface area (Å²) in [6.45, 7) is 0. The molecule has 1 aromatic heterocycles. The van der Waals surface area contributed by atoms with Crippen molar-refractivity contribution in [1.82, 2.24) is 4.98 Å². The number of nitro groups is 1. The molecule has 2 aromatic rings. The standard InChI is InChI=1S/C10H4BrCl2N3O3S/c11-7-3-14-10(20-7)15-9(17)4-1-5(12)8(13)6(2-4)16(18)19/h1-3H,(H,14,15,17). The van der Waals surface area contributed by atoms with Crippen molar-refractivity contribution < 1.29 is 9.72 Å². The first-order chi connectivity index (χ1) is 9.38. The van der Waals surface area contributed by atoms with Crippen molar-refractivity contribution >= 4 is 67.2 Å². The Morgan fingerprint density at radius 3 is 2.70 bits per heavy atom. The van der Waals surface area contributed by atoms with Crippen LogP contribution >= 0.6 is 50.5 Å². The number of hydrogen-bond acceptors (Lipinski definition) is 5. The Hall–Kier alpha value is -1.22. The van der Waals surface area contributed by atoms with Crippen molar-refractivity contribution in [2.24, 2.45) is 0 Å². The fraction of sp³-hybridized carbons (Fsp3) is 0. The van der Waals surface area contributed by atoms with Gasteiger partial charge in [-0.2, -0.15) is 0 Å². The van der Waals surface area contributed by atoms with E-state index in [0.29, 0.717) is 5.13 Å². The monoisotopic (exact) mass is 395 g/mol. The molecule has 1 heterocycles.